The number of aliphatic carboxylic acids is 1. The number of halogens is 1. The number of benzene rings is 3. The van der Waals surface area contributed by atoms with Crippen LogP contribution in [-0.2, 0) is 16.1 Å². The van der Waals surface area contributed by atoms with E-state index in [9.17, 15) is 23.5 Å². The van der Waals surface area contributed by atoms with Crippen molar-refractivity contribution in [1.82, 2.24) is 0 Å². The first-order valence-corrected chi connectivity index (χ1v) is 13.7. The van der Waals surface area contributed by atoms with E-state index >= 15 is 0 Å². The average molecular weight is 614 g/mol. The highest BCUT2D eigenvalue weighted by Gasteiger charge is 2.30. The van der Waals surface area contributed by atoms with Crippen molar-refractivity contribution in [2.24, 2.45) is 5.92 Å². The van der Waals surface area contributed by atoms with Gasteiger partial charge in [-0.15, -0.1) is 0 Å². The van der Waals surface area contributed by atoms with Crippen LogP contribution in [-0.4, -0.2) is 38.9 Å². The van der Waals surface area contributed by atoms with E-state index in [-0.39, 0.29) is 11.4 Å². The Morgan fingerprint density at radius 3 is 2.15 bits per heavy atom. The SMILES string of the molecule is COc1c(Br)ccc2oc(C(=O)Nc3ccc(-c4ccc(N(C(C(=O)O)C(C)C)S(=O)[O-])cc4)cc3)c(C)c12. The number of hydrogen-bond acceptors (Lipinski definition) is 6. The monoisotopic (exact) mass is 613 g/mol. The normalized spacial score (nSPS) is 12.8. The van der Waals surface area contributed by atoms with Crippen molar-refractivity contribution in [1.29, 1.82) is 0 Å². The van der Waals surface area contributed by atoms with E-state index in [0.29, 0.717) is 22.6 Å². The number of fused-ring (bicyclic) bond motifs is 1. The standard InChI is InChI=1S/C28H27BrN2O7S/c1-15(2)24(28(33)34)31(39(35)36)20-11-7-18(8-12-20)17-5-9-19(10-6-17)30-27(32)25-16(3)23-22(38-25)14-13-21(29)26(23)37-4/h5-15,24H,1-4H3,(H,30,32)(H,33,34)(H,35,36)/p-1. The highest BCUT2D eigenvalue weighted by Crippen LogP contribution is 2.38. The zero-order chi connectivity index (χ0) is 28.4. The molecule has 4 rings (SSSR count). The lowest BCUT2D eigenvalue weighted by Gasteiger charge is -2.34. The van der Waals surface area contributed by atoms with E-state index in [4.69, 9.17) is 9.15 Å². The molecule has 0 saturated heterocycles. The average Bonchev–Trinajstić information content (AvgIpc) is 3.23. The number of nitrogens with one attached hydrogen (secondary N) is 1. The topological polar surface area (TPSA) is 132 Å². The highest BCUT2D eigenvalue weighted by atomic mass is 79.9. The Bertz CT molecular complexity index is 1550. The number of methoxy groups -OCH3 is 1. The largest absolute Gasteiger partial charge is 0.755 e. The second-order valence-corrected chi connectivity index (χ2v) is 10.8. The van der Waals surface area contributed by atoms with Crippen LogP contribution in [0.3, 0.4) is 0 Å². The van der Waals surface area contributed by atoms with Crippen molar-refractivity contribution in [2.45, 2.75) is 26.8 Å². The molecule has 0 aliphatic carbocycles. The van der Waals surface area contributed by atoms with Crippen molar-refractivity contribution in [3.8, 4) is 16.9 Å². The number of carbonyl (C=O) groups is 2. The number of anilines is 2. The smallest absolute Gasteiger partial charge is 0.327 e. The summed E-state index contributed by atoms with van der Waals surface area (Å²) in [5.74, 6) is -1.28. The van der Waals surface area contributed by atoms with Crippen LogP contribution in [0.15, 0.2) is 69.6 Å². The van der Waals surface area contributed by atoms with Gasteiger partial charge in [-0.25, -0.2) is 4.79 Å². The van der Waals surface area contributed by atoms with Crippen LogP contribution < -0.4 is 14.4 Å². The Labute approximate surface area is 236 Å². The second-order valence-electron chi connectivity index (χ2n) is 9.16. The number of carboxylic acid groups (broad SMARTS) is 1. The van der Waals surface area contributed by atoms with Crippen LogP contribution in [0.5, 0.6) is 5.75 Å². The van der Waals surface area contributed by atoms with Crippen LogP contribution in [0.25, 0.3) is 22.1 Å². The Morgan fingerprint density at radius 1 is 1.05 bits per heavy atom. The number of nitrogens with zero attached hydrogens (tertiary/aromatic N) is 1. The summed E-state index contributed by atoms with van der Waals surface area (Å²) in [7, 11) is 1.56. The predicted molar refractivity (Wildman–Crippen MR) is 153 cm³/mol. The number of carbonyl (C=O) groups excluding carboxylic acids is 1. The van der Waals surface area contributed by atoms with Crippen molar-refractivity contribution < 1.29 is 32.6 Å². The number of amides is 1. The van der Waals surface area contributed by atoms with E-state index in [1.165, 1.54) is 0 Å². The number of hydrogen-bond donors (Lipinski definition) is 2. The van der Waals surface area contributed by atoms with Gasteiger partial charge in [-0.3, -0.25) is 13.3 Å². The Balaban J connectivity index is 1.53. The molecular formula is C28H26BrN2O7S-. The van der Waals surface area contributed by atoms with Gasteiger partial charge in [0.2, 0.25) is 0 Å². The van der Waals surface area contributed by atoms with Gasteiger partial charge >= 0.3 is 5.97 Å². The Morgan fingerprint density at radius 2 is 1.64 bits per heavy atom. The van der Waals surface area contributed by atoms with Crippen molar-refractivity contribution in [3.05, 3.63) is 76.5 Å². The first kappa shape index (κ1) is 28.3. The zero-order valence-electron chi connectivity index (χ0n) is 21.6. The fourth-order valence-corrected chi connectivity index (χ4v) is 5.73. The van der Waals surface area contributed by atoms with Crippen LogP contribution in [0.1, 0.15) is 30.0 Å². The third kappa shape index (κ3) is 5.70. The van der Waals surface area contributed by atoms with E-state index in [0.717, 1.165) is 25.3 Å². The lowest BCUT2D eigenvalue weighted by Crippen LogP contribution is -2.45. The third-order valence-electron chi connectivity index (χ3n) is 6.31. The maximum Gasteiger partial charge on any atom is 0.327 e. The molecule has 39 heavy (non-hydrogen) atoms. The molecule has 204 valence electrons. The quantitative estimate of drug-likeness (QED) is 0.217. The molecule has 2 unspecified atom stereocenters. The van der Waals surface area contributed by atoms with Gasteiger partial charge < -0.3 is 24.1 Å². The molecular weight excluding hydrogens is 588 g/mol. The number of furan rings is 1. The molecule has 1 amide bonds. The van der Waals surface area contributed by atoms with Crippen LogP contribution >= 0.6 is 15.9 Å². The fourth-order valence-electron chi connectivity index (χ4n) is 4.43. The Hall–Kier alpha value is -3.67. The van der Waals surface area contributed by atoms with Crippen molar-refractivity contribution in [3.63, 3.8) is 0 Å². The van der Waals surface area contributed by atoms with Crippen molar-refractivity contribution >= 4 is 61.4 Å². The molecule has 9 nitrogen and oxygen atoms in total. The molecule has 3 aromatic carbocycles. The zero-order valence-corrected chi connectivity index (χ0v) is 24.0. The minimum absolute atomic E-state index is 0.183. The summed E-state index contributed by atoms with van der Waals surface area (Å²) in [5, 5.41) is 13.1. The summed E-state index contributed by atoms with van der Waals surface area (Å²) in [5.41, 5.74) is 3.62. The summed E-state index contributed by atoms with van der Waals surface area (Å²) < 4.78 is 36.6. The molecule has 4 aromatic rings. The Kier molecular flexibility index (Phi) is 8.43. The number of rotatable bonds is 9. The summed E-state index contributed by atoms with van der Waals surface area (Å²) >= 11 is 0.685. The van der Waals surface area contributed by atoms with Gasteiger partial charge in [0.25, 0.3) is 5.91 Å². The lowest BCUT2D eigenvalue weighted by atomic mass is 10.0. The molecule has 0 saturated carbocycles. The van der Waals surface area contributed by atoms with E-state index < -0.39 is 35.1 Å². The van der Waals surface area contributed by atoms with Crippen molar-refractivity contribution in [2.75, 3.05) is 16.7 Å². The maximum atomic E-state index is 13.0. The molecule has 2 N–H and O–H groups in total. The molecule has 1 aromatic heterocycles. The number of aryl methyl sites for hydroxylation is 1. The third-order valence-corrected chi connectivity index (χ3v) is 7.69. The van der Waals surface area contributed by atoms with Gasteiger partial charge in [0.1, 0.15) is 17.4 Å². The first-order chi connectivity index (χ1) is 18.5. The van der Waals surface area contributed by atoms with E-state index in [2.05, 4.69) is 21.2 Å². The van der Waals surface area contributed by atoms with E-state index in [1.807, 2.05) is 12.1 Å². The lowest BCUT2D eigenvalue weighted by molar-refractivity contribution is -0.139. The number of carboxylic acids is 1. The molecule has 0 aliphatic heterocycles. The molecule has 0 aliphatic rings. The summed E-state index contributed by atoms with van der Waals surface area (Å²) in [6, 6.07) is 16.0. The van der Waals surface area contributed by atoms with Gasteiger partial charge in [-0.05, 0) is 76.3 Å². The van der Waals surface area contributed by atoms with Gasteiger partial charge in [0.05, 0.1) is 17.0 Å². The van der Waals surface area contributed by atoms with Crippen LogP contribution in [0, 0.1) is 12.8 Å². The fraction of sp³-hybridized carbons (Fsp3) is 0.214. The molecule has 2 atom stereocenters. The molecule has 0 radical (unpaired) electrons. The predicted octanol–water partition coefficient (Wildman–Crippen LogP) is 6.14. The molecule has 11 heteroatoms. The number of ether oxygens (including phenoxy) is 1. The van der Waals surface area contributed by atoms with Crippen LogP contribution in [0.2, 0.25) is 0 Å². The minimum Gasteiger partial charge on any atom is -0.755 e. The maximum absolute atomic E-state index is 13.0. The molecule has 0 spiro atoms. The summed E-state index contributed by atoms with van der Waals surface area (Å²) in [4.78, 5) is 24.7. The first-order valence-electron chi connectivity index (χ1n) is 11.9. The second kappa shape index (κ2) is 11.6. The minimum atomic E-state index is -2.77. The van der Waals surface area contributed by atoms with Gasteiger partial charge in [0.15, 0.2) is 5.76 Å². The van der Waals surface area contributed by atoms with Gasteiger partial charge in [-0.2, -0.15) is 0 Å². The van der Waals surface area contributed by atoms with Gasteiger partial charge in [0, 0.05) is 28.2 Å². The van der Waals surface area contributed by atoms with Crippen LogP contribution in [0.4, 0.5) is 11.4 Å². The van der Waals surface area contributed by atoms with Gasteiger partial charge in [-0.1, -0.05) is 38.1 Å². The highest BCUT2D eigenvalue weighted by molar-refractivity contribution is 9.10. The summed E-state index contributed by atoms with van der Waals surface area (Å²) in [6.07, 6.45) is 0. The molecule has 1 heterocycles. The summed E-state index contributed by atoms with van der Waals surface area (Å²) in [6.45, 7) is 5.10. The molecule has 0 fully saturated rings. The van der Waals surface area contributed by atoms with E-state index in [1.54, 1.807) is 76.4 Å². The molecule has 0 bridgehead atoms.